The van der Waals surface area contributed by atoms with Gasteiger partial charge in [-0.2, -0.15) is 0 Å². The molecule has 0 aromatic heterocycles. The lowest BCUT2D eigenvalue weighted by atomic mass is 10.0. The number of ether oxygens (including phenoxy) is 1. The number of carbonyl (C=O) groups is 2. The van der Waals surface area contributed by atoms with E-state index in [0.29, 0.717) is 19.4 Å². The average Bonchev–Trinajstić information content (AvgIpc) is 3.27. The Morgan fingerprint density at radius 1 is 0.435 bits per heavy atom. The Bertz CT molecular complexity index is 924. The fourth-order valence-electron chi connectivity index (χ4n) is 8.75. The molecule has 0 fully saturated rings. The van der Waals surface area contributed by atoms with Crippen LogP contribution < -0.4 is 5.32 Å². The van der Waals surface area contributed by atoms with Crippen LogP contribution in [-0.4, -0.2) is 47.4 Å². The lowest BCUT2D eigenvalue weighted by Crippen LogP contribution is -2.45. The second-order valence-electron chi connectivity index (χ2n) is 19.3. The molecule has 0 aliphatic carbocycles. The zero-order valence-electron chi connectivity index (χ0n) is 41.9. The van der Waals surface area contributed by atoms with Crippen LogP contribution in [-0.2, 0) is 14.3 Å². The van der Waals surface area contributed by atoms with Gasteiger partial charge in [0.1, 0.15) is 0 Å². The van der Waals surface area contributed by atoms with E-state index >= 15 is 0 Å². The molecule has 2 unspecified atom stereocenters. The monoisotopic (exact) mass is 876 g/mol. The van der Waals surface area contributed by atoms with Crippen molar-refractivity contribution in [3.8, 4) is 0 Å². The largest absolute Gasteiger partial charge is 0.466 e. The van der Waals surface area contributed by atoms with Crippen molar-refractivity contribution in [1.29, 1.82) is 0 Å². The normalized spacial score (nSPS) is 12.6. The van der Waals surface area contributed by atoms with Gasteiger partial charge >= 0.3 is 5.97 Å². The summed E-state index contributed by atoms with van der Waals surface area (Å²) in [7, 11) is 0. The molecule has 0 aromatic rings. The van der Waals surface area contributed by atoms with E-state index in [1.54, 1.807) is 6.08 Å². The number of nitrogens with one attached hydrogen (secondary N) is 1. The molecule has 2 atom stereocenters. The van der Waals surface area contributed by atoms with Gasteiger partial charge in [0.15, 0.2) is 0 Å². The van der Waals surface area contributed by atoms with E-state index in [1.165, 1.54) is 244 Å². The summed E-state index contributed by atoms with van der Waals surface area (Å²) >= 11 is 0. The van der Waals surface area contributed by atoms with Crippen LogP contribution in [0.3, 0.4) is 0 Å². The van der Waals surface area contributed by atoms with Gasteiger partial charge in [0.2, 0.25) is 5.91 Å². The maximum atomic E-state index is 12.4. The van der Waals surface area contributed by atoms with Crippen molar-refractivity contribution in [1.82, 2.24) is 5.32 Å². The molecule has 62 heavy (non-hydrogen) atoms. The molecule has 6 heteroatoms. The summed E-state index contributed by atoms with van der Waals surface area (Å²) in [6.07, 6.45) is 60.9. The third-order valence-electron chi connectivity index (χ3n) is 13.1. The fourth-order valence-corrected chi connectivity index (χ4v) is 8.75. The van der Waals surface area contributed by atoms with Crippen LogP contribution in [0.2, 0.25) is 0 Å². The Balaban J connectivity index is 3.38. The first-order chi connectivity index (χ1) is 30.5. The zero-order chi connectivity index (χ0) is 45.1. The third-order valence-corrected chi connectivity index (χ3v) is 13.1. The highest BCUT2D eigenvalue weighted by Crippen LogP contribution is 2.17. The van der Waals surface area contributed by atoms with Crippen LogP contribution in [0.4, 0.5) is 0 Å². The maximum Gasteiger partial charge on any atom is 0.305 e. The van der Waals surface area contributed by atoms with Crippen molar-refractivity contribution < 1.29 is 24.5 Å². The summed E-state index contributed by atoms with van der Waals surface area (Å²) in [5, 5.41) is 23.0. The minimum absolute atomic E-state index is 0.0125. The van der Waals surface area contributed by atoms with Crippen LogP contribution in [0.1, 0.15) is 309 Å². The Kier molecular flexibility index (Phi) is 51.0. The molecule has 0 aromatic carbocycles. The van der Waals surface area contributed by atoms with E-state index < -0.39 is 12.1 Å². The summed E-state index contributed by atoms with van der Waals surface area (Å²) in [5.74, 6) is -0.0554. The Hall–Kier alpha value is -1.40. The van der Waals surface area contributed by atoms with Gasteiger partial charge in [-0.05, 0) is 32.1 Å². The van der Waals surface area contributed by atoms with Crippen LogP contribution in [0.5, 0.6) is 0 Å². The fraction of sp³-hybridized carbons (Fsp3) is 0.929. The van der Waals surface area contributed by atoms with Crippen molar-refractivity contribution in [3.63, 3.8) is 0 Å². The molecule has 6 nitrogen and oxygen atoms in total. The molecule has 0 saturated carbocycles. The zero-order valence-corrected chi connectivity index (χ0v) is 41.9. The molecule has 0 bridgehead atoms. The molecular weight excluding hydrogens is 767 g/mol. The van der Waals surface area contributed by atoms with Gasteiger partial charge in [-0.3, -0.25) is 9.59 Å². The molecule has 3 N–H and O–H groups in total. The van der Waals surface area contributed by atoms with Crippen LogP contribution >= 0.6 is 0 Å². The number of rotatable bonds is 52. The van der Waals surface area contributed by atoms with Gasteiger partial charge in [0.05, 0.1) is 25.4 Å². The molecule has 0 aliphatic rings. The highest BCUT2D eigenvalue weighted by atomic mass is 16.5. The Morgan fingerprint density at radius 3 is 1.10 bits per heavy atom. The molecule has 0 spiro atoms. The number of aliphatic hydroxyl groups is 2. The molecule has 0 radical (unpaired) electrons. The number of hydrogen-bond donors (Lipinski definition) is 3. The van der Waals surface area contributed by atoms with E-state index in [2.05, 4.69) is 19.2 Å². The Morgan fingerprint density at radius 2 is 0.742 bits per heavy atom. The highest BCUT2D eigenvalue weighted by Gasteiger charge is 2.18. The number of allylic oxidation sites excluding steroid dienone is 1. The summed E-state index contributed by atoms with van der Waals surface area (Å²) in [6, 6.07) is -0.625. The van der Waals surface area contributed by atoms with Crippen molar-refractivity contribution in [3.05, 3.63) is 12.2 Å². The predicted molar refractivity (Wildman–Crippen MR) is 269 cm³/mol. The third kappa shape index (κ3) is 48.1. The van der Waals surface area contributed by atoms with Gasteiger partial charge in [0.25, 0.3) is 0 Å². The number of amides is 1. The summed E-state index contributed by atoms with van der Waals surface area (Å²) < 4.78 is 5.46. The summed E-state index contributed by atoms with van der Waals surface area (Å²) in [6.45, 7) is 4.90. The van der Waals surface area contributed by atoms with Gasteiger partial charge in [0, 0.05) is 12.8 Å². The molecule has 368 valence electrons. The SMILES string of the molecule is CCCCCCCCCCCC/C=C/C(O)C(CO)NC(=O)CCCCCCCCCCCCCCCCCCCCCCCCOC(=O)CCCCCCCCCCCCC. The van der Waals surface area contributed by atoms with E-state index in [4.69, 9.17) is 4.74 Å². The van der Waals surface area contributed by atoms with Crippen molar-refractivity contribution in [2.24, 2.45) is 0 Å². The second-order valence-corrected chi connectivity index (χ2v) is 19.3. The van der Waals surface area contributed by atoms with Crippen molar-refractivity contribution >= 4 is 11.9 Å². The number of unbranched alkanes of at least 4 members (excludes halogenated alkanes) is 41. The van der Waals surface area contributed by atoms with Crippen LogP contribution in [0.15, 0.2) is 12.2 Å². The molecule has 1 amide bonds. The first-order valence-electron chi connectivity index (χ1n) is 28.0. The molecule has 0 saturated heterocycles. The summed E-state index contributed by atoms with van der Waals surface area (Å²) in [5.41, 5.74) is 0. The number of hydrogen-bond acceptors (Lipinski definition) is 5. The second kappa shape index (κ2) is 52.2. The Labute approximate surface area is 387 Å². The highest BCUT2D eigenvalue weighted by molar-refractivity contribution is 5.76. The van der Waals surface area contributed by atoms with Gasteiger partial charge < -0.3 is 20.3 Å². The first-order valence-corrected chi connectivity index (χ1v) is 28.0. The number of esters is 1. The van der Waals surface area contributed by atoms with E-state index in [-0.39, 0.29) is 18.5 Å². The van der Waals surface area contributed by atoms with E-state index in [0.717, 1.165) is 38.5 Å². The van der Waals surface area contributed by atoms with Gasteiger partial charge in [-0.1, -0.05) is 276 Å². The first kappa shape index (κ1) is 60.6. The van der Waals surface area contributed by atoms with Crippen LogP contribution in [0.25, 0.3) is 0 Å². The molecule has 0 aliphatic heterocycles. The van der Waals surface area contributed by atoms with Gasteiger partial charge in [-0.15, -0.1) is 0 Å². The lowest BCUT2D eigenvalue weighted by Gasteiger charge is -2.20. The molecule has 0 rings (SSSR count). The topological polar surface area (TPSA) is 95.9 Å². The van der Waals surface area contributed by atoms with Crippen molar-refractivity contribution in [2.45, 2.75) is 321 Å². The summed E-state index contributed by atoms with van der Waals surface area (Å²) in [4.78, 5) is 24.4. The quantitative estimate of drug-likeness (QED) is 0.0321. The standard InChI is InChI=1S/C56H109NO5/c1-3-5-7-9-11-13-15-29-32-36-40-44-48-54(59)53(52-58)57-55(60)49-45-41-37-33-30-26-24-22-20-18-16-17-19-21-23-25-27-31-35-39-43-47-51-62-56(61)50-46-42-38-34-28-14-12-10-8-6-4-2/h44,48,53-54,58-59H,3-43,45-47,49-52H2,1-2H3,(H,57,60)/b48-44+. The van der Waals surface area contributed by atoms with Crippen molar-refractivity contribution in [2.75, 3.05) is 13.2 Å². The van der Waals surface area contributed by atoms with Gasteiger partial charge in [-0.25, -0.2) is 0 Å². The average molecular weight is 876 g/mol. The van der Waals surface area contributed by atoms with Crippen LogP contribution in [0, 0.1) is 0 Å². The maximum absolute atomic E-state index is 12.4. The smallest absolute Gasteiger partial charge is 0.305 e. The molecular formula is C56H109NO5. The molecule has 0 heterocycles. The predicted octanol–water partition coefficient (Wildman–Crippen LogP) is 16.9. The minimum atomic E-state index is -0.842. The minimum Gasteiger partial charge on any atom is -0.466 e. The number of carbonyl (C=O) groups excluding carboxylic acids is 2. The van der Waals surface area contributed by atoms with E-state index in [9.17, 15) is 19.8 Å². The van der Waals surface area contributed by atoms with E-state index in [1.807, 2.05) is 6.08 Å². The lowest BCUT2D eigenvalue weighted by molar-refractivity contribution is -0.143. The number of aliphatic hydroxyl groups excluding tert-OH is 2.